The van der Waals surface area contributed by atoms with Crippen LogP contribution in [0.25, 0.3) is 0 Å². The van der Waals surface area contributed by atoms with E-state index in [2.05, 4.69) is 29.8 Å². The van der Waals surface area contributed by atoms with Gasteiger partial charge >= 0.3 is 0 Å². The number of rotatable bonds is 48. The van der Waals surface area contributed by atoms with Gasteiger partial charge in [-0.25, -0.2) is 0 Å². The molecule has 2 amide bonds. The SMILES string of the molecule is CNC(CCCCNC(=O)COCCOCCOCCOCCOCCOCCOCCOCCOCCOCCCCCOC)C(=O)CC(C)C(=O)NCCC(C)C. The van der Waals surface area contributed by atoms with Crippen LogP contribution in [0.3, 0.4) is 0 Å². The fourth-order valence-corrected chi connectivity index (χ4v) is 5.19. The molecule has 0 aliphatic carbocycles. The molecule has 0 aromatic heterocycles. The molecule has 0 saturated carbocycles. The molecule has 0 aromatic rings. The number of nitrogens with one attached hydrogen (secondary N) is 3. The summed E-state index contributed by atoms with van der Waals surface area (Å²) in [5.74, 6) is -0.0885. The topological polar surface area (TPSA) is 189 Å². The highest BCUT2D eigenvalue weighted by atomic mass is 16.6. The van der Waals surface area contributed by atoms with Gasteiger partial charge in [0.1, 0.15) is 6.61 Å². The average Bonchev–Trinajstić information content (AvgIpc) is 3.22. The van der Waals surface area contributed by atoms with Crippen molar-refractivity contribution in [3.63, 3.8) is 0 Å². The summed E-state index contributed by atoms with van der Waals surface area (Å²) in [4.78, 5) is 37.0. The van der Waals surface area contributed by atoms with E-state index in [9.17, 15) is 14.4 Å². The number of unbranched alkanes of at least 4 members (excludes halogenated alkanes) is 3. The standard InChI is InChI=1S/C42H83N3O14/c1-37(2)12-14-45-42(48)38(3)35-40(46)39(43-4)11-7-8-13-44-41(47)36-59-34-33-58-32-31-57-30-29-56-28-27-55-26-25-54-24-23-53-22-21-52-20-19-51-18-17-50-16-10-6-9-15-49-5/h37-39,43H,6-36H2,1-5H3,(H,44,47)(H,45,48). The van der Waals surface area contributed by atoms with Crippen molar-refractivity contribution in [2.45, 2.75) is 78.2 Å². The lowest BCUT2D eigenvalue weighted by Gasteiger charge is -2.18. The van der Waals surface area contributed by atoms with E-state index >= 15 is 0 Å². The molecule has 3 N–H and O–H groups in total. The van der Waals surface area contributed by atoms with Crippen molar-refractivity contribution in [3.05, 3.63) is 0 Å². The molecule has 2 atom stereocenters. The van der Waals surface area contributed by atoms with Crippen LogP contribution >= 0.6 is 0 Å². The van der Waals surface area contributed by atoms with E-state index in [1.54, 1.807) is 21.1 Å². The predicted molar refractivity (Wildman–Crippen MR) is 225 cm³/mol. The number of amides is 2. The van der Waals surface area contributed by atoms with Gasteiger partial charge < -0.3 is 68.1 Å². The zero-order valence-electron chi connectivity index (χ0n) is 37.4. The van der Waals surface area contributed by atoms with Crippen molar-refractivity contribution < 1.29 is 66.5 Å². The van der Waals surface area contributed by atoms with Crippen molar-refractivity contribution in [3.8, 4) is 0 Å². The molecular weight excluding hydrogens is 770 g/mol. The first-order chi connectivity index (χ1) is 28.8. The van der Waals surface area contributed by atoms with Crippen LogP contribution < -0.4 is 16.0 Å². The summed E-state index contributed by atoms with van der Waals surface area (Å²) in [6.45, 7) is 17.3. The second kappa shape index (κ2) is 45.7. The predicted octanol–water partition coefficient (Wildman–Crippen LogP) is 2.60. The van der Waals surface area contributed by atoms with Crippen molar-refractivity contribution in [1.29, 1.82) is 0 Å². The first-order valence-corrected chi connectivity index (χ1v) is 21.8. The Morgan fingerprint density at radius 1 is 0.458 bits per heavy atom. The minimum absolute atomic E-state index is 0.0310. The summed E-state index contributed by atoms with van der Waals surface area (Å²) in [6.07, 6.45) is 6.51. The number of carbonyl (C=O) groups excluding carboxylic acids is 3. The fraction of sp³-hybridized carbons (Fsp3) is 0.929. The van der Waals surface area contributed by atoms with Gasteiger partial charge in [0.25, 0.3) is 0 Å². The van der Waals surface area contributed by atoms with Gasteiger partial charge in [-0.2, -0.15) is 0 Å². The van der Waals surface area contributed by atoms with E-state index in [1.807, 2.05) is 0 Å². The lowest BCUT2D eigenvalue weighted by atomic mass is 9.96. The molecule has 0 fully saturated rings. The lowest BCUT2D eigenvalue weighted by Crippen LogP contribution is -2.38. The third-order valence-electron chi connectivity index (χ3n) is 8.67. The van der Waals surface area contributed by atoms with Gasteiger partial charge in [-0.15, -0.1) is 0 Å². The molecule has 0 rings (SSSR count). The molecule has 0 aliphatic rings. The summed E-state index contributed by atoms with van der Waals surface area (Å²) in [5, 5.41) is 8.81. The molecule has 0 aromatic carbocycles. The molecule has 350 valence electrons. The molecule has 0 radical (unpaired) electrons. The summed E-state index contributed by atoms with van der Waals surface area (Å²) < 4.78 is 59.8. The number of carbonyl (C=O) groups is 3. The number of Topliss-reactive ketones (excluding diaryl/α,β-unsaturated/α-hetero) is 1. The highest BCUT2D eigenvalue weighted by Crippen LogP contribution is 2.10. The molecule has 17 heteroatoms. The van der Waals surface area contributed by atoms with E-state index < -0.39 is 0 Å². The van der Waals surface area contributed by atoms with Crippen LogP contribution in [0.1, 0.15) is 72.1 Å². The van der Waals surface area contributed by atoms with Crippen LogP contribution in [0, 0.1) is 11.8 Å². The molecule has 0 heterocycles. The summed E-state index contributed by atoms with van der Waals surface area (Å²) in [7, 11) is 3.48. The van der Waals surface area contributed by atoms with E-state index in [0.29, 0.717) is 144 Å². The van der Waals surface area contributed by atoms with Gasteiger partial charge in [-0.3, -0.25) is 14.4 Å². The summed E-state index contributed by atoms with van der Waals surface area (Å²) >= 11 is 0. The smallest absolute Gasteiger partial charge is 0.245 e. The van der Waals surface area contributed by atoms with Gasteiger partial charge in [-0.05, 0) is 57.9 Å². The first kappa shape index (κ1) is 57.1. The van der Waals surface area contributed by atoms with Gasteiger partial charge in [0, 0.05) is 45.8 Å². The Morgan fingerprint density at radius 3 is 1.31 bits per heavy atom. The van der Waals surface area contributed by atoms with Crippen molar-refractivity contribution in [2.75, 3.05) is 166 Å². The van der Waals surface area contributed by atoms with Crippen LogP contribution in [0.15, 0.2) is 0 Å². The highest BCUT2D eigenvalue weighted by molar-refractivity contribution is 5.89. The van der Waals surface area contributed by atoms with Gasteiger partial charge in [0.2, 0.25) is 11.8 Å². The van der Waals surface area contributed by atoms with Crippen LogP contribution in [0.2, 0.25) is 0 Å². The molecular formula is C42H83N3O14. The summed E-state index contributed by atoms with van der Waals surface area (Å²) in [6, 6.07) is -0.308. The van der Waals surface area contributed by atoms with Crippen molar-refractivity contribution in [2.24, 2.45) is 11.8 Å². The maximum absolute atomic E-state index is 12.7. The Bertz CT molecular complexity index is 937. The Labute approximate surface area is 355 Å². The molecule has 2 unspecified atom stereocenters. The minimum atomic E-state index is -0.360. The Morgan fingerprint density at radius 2 is 0.881 bits per heavy atom. The van der Waals surface area contributed by atoms with E-state index in [0.717, 1.165) is 51.7 Å². The van der Waals surface area contributed by atoms with Crippen LogP contribution in [-0.4, -0.2) is 190 Å². The van der Waals surface area contributed by atoms with Crippen LogP contribution in [0.5, 0.6) is 0 Å². The molecule has 0 saturated heterocycles. The average molecular weight is 854 g/mol. The second-order valence-corrected chi connectivity index (χ2v) is 14.3. The Hall–Kier alpha value is -1.87. The number of methoxy groups -OCH3 is 1. The quantitative estimate of drug-likeness (QED) is 0.0758. The first-order valence-electron chi connectivity index (χ1n) is 21.8. The summed E-state index contributed by atoms with van der Waals surface area (Å²) in [5.41, 5.74) is 0. The second-order valence-electron chi connectivity index (χ2n) is 14.3. The number of ketones is 1. The molecule has 17 nitrogen and oxygen atoms in total. The lowest BCUT2D eigenvalue weighted by molar-refractivity contribution is -0.129. The van der Waals surface area contributed by atoms with E-state index in [4.69, 9.17) is 52.1 Å². The zero-order chi connectivity index (χ0) is 43.3. The van der Waals surface area contributed by atoms with E-state index in [-0.39, 0.29) is 42.6 Å². The Kier molecular flexibility index (Phi) is 44.2. The van der Waals surface area contributed by atoms with Gasteiger partial charge in [0.05, 0.1) is 125 Å². The molecule has 59 heavy (non-hydrogen) atoms. The fourth-order valence-electron chi connectivity index (χ4n) is 5.19. The monoisotopic (exact) mass is 854 g/mol. The molecule has 0 aliphatic heterocycles. The largest absolute Gasteiger partial charge is 0.385 e. The number of likely N-dealkylation sites (N-methyl/N-ethyl adjacent to an activating group) is 1. The third-order valence-corrected chi connectivity index (χ3v) is 8.67. The minimum Gasteiger partial charge on any atom is -0.385 e. The van der Waals surface area contributed by atoms with Crippen molar-refractivity contribution in [1.82, 2.24) is 16.0 Å². The van der Waals surface area contributed by atoms with Gasteiger partial charge in [0.15, 0.2) is 5.78 Å². The maximum Gasteiger partial charge on any atom is 0.245 e. The van der Waals surface area contributed by atoms with Crippen LogP contribution in [0.4, 0.5) is 0 Å². The Balaban J connectivity index is 3.37. The zero-order valence-corrected chi connectivity index (χ0v) is 37.4. The molecule has 0 spiro atoms. The third kappa shape index (κ3) is 42.6. The van der Waals surface area contributed by atoms with E-state index in [1.165, 1.54) is 0 Å². The molecule has 0 bridgehead atoms. The maximum atomic E-state index is 12.7. The highest BCUT2D eigenvalue weighted by Gasteiger charge is 2.22. The normalized spacial score (nSPS) is 12.6. The number of hydrogen-bond donors (Lipinski definition) is 3. The number of ether oxygens (including phenoxy) is 11. The number of hydrogen-bond acceptors (Lipinski definition) is 15. The van der Waals surface area contributed by atoms with Gasteiger partial charge in [-0.1, -0.05) is 20.8 Å². The van der Waals surface area contributed by atoms with Crippen molar-refractivity contribution >= 4 is 17.6 Å². The van der Waals surface area contributed by atoms with Crippen LogP contribution in [-0.2, 0) is 66.5 Å².